The number of hydrogen-bond acceptors (Lipinski definition) is 4. The average molecular weight is 420 g/mol. The third kappa shape index (κ3) is 4.93. The van der Waals surface area contributed by atoms with Gasteiger partial charge in [0.05, 0.1) is 17.3 Å². The molecule has 3 rings (SSSR count). The van der Waals surface area contributed by atoms with Crippen LogP contribution in [0.25, 0.3) is 5.57 Å². The van der Waals surface area contributed by atoms with Gasteiger partial charge in [-0.2, -0.15) is 0 Å². The highest BCUT2D eigenvalue weighted by Gasteiger charge is 2.25. The normalized spacial score (nSPS) is 16.2. The van der Waals surface area contributed by atoms with Crippen molar-refractivity contribution in [1.29, 1.82) is 0 Å². The number of alkyl halides is 1. The molecule has 0 saturated heterocycles. The monoisotopic (exact) mass is 419 g/mol. The molecule has 0 saturated carbocycles. The largest absolute Gasteiger partial charge is 0.393 e. The topological polar surface area (TPSA) is 85.7 Å². The molecule has 1 aliphatic heterocycles. The summed E-state index contributed by atoms with van der Waals surface area (Å²) in [6.07, 6.45) is 3.97. The molecule has 29 heavy (non-hydrogen) atoms. The van der Waals surface area contributed by atoms with E-state index < -0.39 is 18.9 Å². The molecule has 0 bridgehead atoms. The number of urea groups is 1. The molecule has 154 valence electrons. The van der Waals surface area contributed by atoms with E-state index in [9.17, 15) is 19.4 Å². The second-order valence-corrected chi connectivity index (χ2v) is 7.58. The number of nitrogens with one attached hydrogen (secondary N) is 1. The van der Waals surface area contributed by atoms with E-state index in [1.54, 1.807) is 35.2 Å². The van der Waals surface area contributed by atoms with E-state index in [1.165, 1.54) is 13.1 Å². The number of benzene rings is 1. The highest BCUT2D eigenvalue weighted by Crippen LogP contribution is 2.30. The summed E-state index contributed by atoms with van der Waals surface area (Å²) in [4.78, 5) is 18.4. The number of rotatable bonds is 5. The molecule has 1 unspecified atom stereocenters. The number of aliphatic hydroxyl groups excluding tert-OH is 1. The van der Waals surface area contributed by atoms with E-state index in [2.05, 4.69) is 10.3 Å². The van der Waals surface area contributed by atoms with Gasteiger partial charge in [-0.3, -0.25) is 4.98 Å². The van der Waals surface area contributed by atoms with E-state index in [1.807, 2.05) is 6.08 Å². The summed E-state index contributed by atoms with van der Waals surface area (Å²) in [5.74, 6) is 0. The van der Waals surface area contributed by atoms with Crippen molar-refractivity contribution in [1.82, 2.24) is 9.88 Å². The molecule has 1 aliphatic rings. The SMILES string of the molecule is CC(O)(CO)c1cnc(C2=CCN(C(=O)Nc3ccc(CF)cc3)CC2)c(Cl)c1. The maximum Gasteiger partial charge on any atom is 0.322 e. The van der Waals surface area contributed by atoms with Crippen molar-refractivity contribution >= 4 is 28.9 Å². The summed E-state index contributed by atoms with van der Waals surface area (Å²) in [6.45, 7) is 1.41. The molecular weight excluding hydrogens is 397 g/mol. The van der Waals surface area contributed by atoms with Crippen LogP contribution in [0.4, 0.5) is 14.9 Å². The molecule has 2 heterocycles. The number of aliphatic hydroxyl groups is 2. The molecule has 3 N–H and O–H groups in total. The molecule has 0 radical (unpaired) electrons. The van der Waals surface area contributed by atoms with Gasteiger partial charge in [0.25, 0.3) is 0 Å². The Balaban J connectivity index is 1.66. The summed E-state index contributed by atoms with van der Waals surface area (Å²) in [7, 11) is 0. The lowest BCUT2D eigenvalue weighted by atomic mass is 9.97. The zero-order valence-electron chi connectivity index (χ0n) is 16.0. The molecule has 2 amide bonds. The van der Waals surface area contributed by atoms with Gasteiger partial charge in [-0.05, 0) is 42.7 Å². The van der Waals surface area contributed by atoms with E-state index in [0.717, 1.165) is 5.57 Å². The Morgan fingerprint density at radius 1 is 1.38 bits per heavy atom. The van der Waals surface area contributed by atoms with Crippen LogP contribution in [-0.2, 0) is 12.3 Å². The second-order valence-electron chi connectivity index (χ2n) is 7.17. The molecule has 6 nitrogen and oxygen atoms in total. The van der Waals surface area contributed by atoms with Crippen LogP contribution in [0, 0.1) is 0 Å². The first-order chi connectivity index (χ1) is 13.8. The van der Waals surface area contributed by atoms with Gasteiger partial charge < -0.3 is 20.4 Å². The lowest BCUT2D eigenvalue weighted by molar-refractivity contribution is -0.00255. The zero-order valence-corrected chi connectivity index (χ0v) is 16.8. The lowest BCUT2D eigenvalue weighted by Crippen LogP contribution is -2.38. The number of carbonyl (C=O) groups is 1. The van der Waals surface area contributed by atoms with Gasteiger partial charge in [0.15, 0.2) is 0 Å². The number of carbonyl (C=O) groups excluding carboxylic acids is 1. The van der Waals surface area contributed by atoms with Gasteiger partial charge in [0.2, 0.25) is 0 Å². The zero-order chi connectivity index (χ0) is 21.0. The van der Waals surface area contributed by atoms with E-state index in [4.69, 9.17) is 11.6 Å². The van der Waals surface area contributed by atoms with Crippen LogP contribution in [0.2, 0.25) is 5.02 Å². The Hall–Kier alpha value is -2.48. The van der Waals surface area contributed by atoms with Gasteiger partial charge in [-0.25, -0.2) is 9.18 Å². The van der Waals surface area contributed by atoms with Gasteiger partial charge in [0.1, 0.15) is 12.3 Å². The van der Waals surface area contributed by atoms with E-state index in [0.29, 0.717) is 47.0 Å². The van der Waals surface area contributed by atoms with Crippen LogP contribution < -0.4 is 5.32 Å². The lowest BCUT2D eigenvalue weighted by Gasteiger charge is -2.27. The Morgan fingerprint density at radius 3 is 2.66 bits per heavy atom. The molecule has 1 aromatic carbocycles. The first-order valence-electron chi connectivity index (χ1n) is 9.23. The third-order valence-electron chi connectivity index (χ3n) is 4.93. The minimum absolute atomic E-state index is 0.235. The fourth-order valence-corrected chi connectivity index (χ4v) is 3.30. The molecular formula is C21H23ClFN3O3. The van der Waals surface area contributed by atoms with Crippen molar-refractivity contribution in [3.05, 3.63) is 64.4 Å². The Labute approximate surface area is 173 Å². The molecule has 0 aliphatic carbocycles. The first kappa shape index (κ1) is 21.2. The Morgan fingerprint density at radius 2 is 2.10 bits per heavy atom. The number of amides is 2. The summed E-state index contributed by atoms with van der Waals surface area (Å²) in [6, 6.07) is 7.97. The van der Waals surface area contributed by atoms with Crippen molar-refractivity contribution in [3.8, 4) is 0 Å². The fourth-order valence-electron chi connectivity index (χ4n) is 3.01. The molecule has 1 atom stereocenters. The maximum absolute atomic E-state index is 12.6. The highest BCUT2D eigenvalue weighted by atomic mass is 35.5. The van der Waals surface area contributed by atoms with Crippen molar-refractivity contribution in [2.45, 2.75) is 25.6 Å². The van der Waals surface area contributed by atoms with Crippen LogP contribution in [-0.4, -0.2) is 45.8 Å². The van der Waals surface area contributed by atoms with Gasteiger partial charge in [0, 0.05) is 30.5 Å². The molecule has 2 aromatic rings. The average Bonchev–Trinajstić information content (AvgIpc) is 2.74. The van der Waals surface area contributed by atoms with Crippen LogP contribution in [0.5, 0.6) is 0 Å². The number of nitrogens with zero attached hydrogens (tertiary/aromatic N) is 2. The highest BCUT2D eigenvalue weighted by molar-refractivity contribution is 6.32. The van der Waals surface area contributed by atoms with Crippen molar-refractivity contribution in [2.24, 2.45) is 0 Å². The van der Waals surface area contributed by atoms with Gasteiger partial charge in [-0.15, -0.1) is 0 Å². The minimum Gasteiger partial charge on any atom is -0.393 e. The first-order valence-corrected chi connectivity index (χ1v) is 9.61. The van der Waals surface area contributed by atoms with Crippen LogP contribution >= 0.6 is 11.6 Å². The standard InChI is InChI=1S/C21H23ClFN3O3/c1-21(29,13-27)16-10-18(22)19(24-12-16)15-6-8-26(9-7-15)20(28)25-17-4-2-14(11-23)3-5-17/h2-6,10,12,27,29H,7-9,11,13H2,1H3,(H,25,28). The van der Waals surface area contributed by atoms with Crippen molar-refractivity contribution < 1.29 is 19.4 Å². The van der Waals surface area contributed by atoms with Gasteiger partial charge in [-0.1, -0.05) is 29.8 Å². The van der Waals surface area contributed by atoms with Crippen molar-refractivity contribution in [2.75, 3.05) is 25.0 Å². The predicted molar refractivity (Wildman–Crippen MR) is 110 cm³/mol. The molecule has 8 heteroatoms. The van der Waals surface area contributed by atoms with Crippen LogP contribution in [0.3, 0.4) is 0 Å². The van der Waals surface area contributed by atoms with Gasteiger partial charge >= 0.3 is 6.03 Å². The number of aromatic nitrogens is 1. The number of anilines is 1. The van der Waals surface area contributed by atoms with E-state index in [-0.39, 0.29) is 6.03 Å². The second kappa shape index (κ2) is 8.90. The number of halogens is 2. The Kier molecular flexibility index (Phi) is 6.52. The summed E-state index contributed by atoms with van der Waals surface area (Å²) < 4.78 is 12.6. The summed E-state index contributed by atoms with van der Waals surface area (Å²) in [5, 5.41) is 22.6. The smallest absolute Gasteiger partial charge is 0.322 e. The predicted octanol–water partition coefficient (Wildman–Crippen LogP) is 3.73. The molecule has 0 spiro atoms. The quantitative estimate of drug-likeness (QED) is 0.689. The third-order valence-corrected chi connectivity index (χ3v) is 5.22. The number of pyridine rings is 1. The van der Waals surface area contributed by atoms with E-state index >= 15 is 0 Å². The maximum atomic E-state index is 12.6. The Bertz CT molecular complexity index is 916. The molecule has 1 aromatic heterocycles. The number of hydrogen-bond donors (Lipinski definition) is 3. The summed E-state index contributed by atoms with van der Waals surface area (Å²) >= 11 is 6.34. The van der Waals surface area contributed by atoms with Crippen LogP contribution in [0.15, 0.2) is 42.6 Å². The molecule has 0 fully saturated rings. The van der Waals surface area contributed by atoms with Crippen molar-refractivity contribution in [3.63, 3.8) is 0 Å². The minimum atomic E-state index is -1.41. The summed E-state index contributed by atoms with van der Waals surface area (Å²) in [5.41, 5.74) is 1.72. The fraction of sp³-hybridized carbons (Fsp3) is 0.333. The van der Waals surface area contributed by atoms with Crippen LogP contribution in [0.1, 0.15) is 30.2 Å².